The largest absolute Gasteiger partial charge is 0.381 e. The smallest absolute Gasteiger partial charge is 0.242 e. The average molecular weight is 242 g/mol. The zero-order chi connectivity index (χ0) is 12.5. The van der Waals surface area contributed by atoms with Crippen LogP contribution in [-0.2, 0) is 14.3 Å². The Hall–Kier alpha value is -0.650. The summed E-state index contributed by atoms with van der Waals surface area (Å²) < 4.78 is 10.8. The van der Waals surface area contributed by atoms with E-state index in [2.05, 4.69) is 19.2 Å². The first-order valence-electron chi connectivity index (χ1n) is 6.19. The van der Waals surface area contributed by atoms with Gasteiger partial charge < -0.3 is 19.7 Å². The Labute approximate surface area is 102 Å². The fourth-order valence-corrected chi connectivity index (χ4v) is 2.25. The molecule has 2 rings (SSSR count). The average Bonchev–Trinajstić information content (AvgIpc) is 2.30. The zero-order valence-corrected chi connectivity index (χ0v) is 10.9. The predicted molar refractivity (Wildman–Crippen MR) is 63.8 cm³/mol. The third-order valence-electron chi connectivity index (χ3n) is 3.53. The highest BCUT2D eigenvalue weighted by Gasteiger charge is 2.39. The Morgan fingerprint density at radius 2 is 2.06 bits per heavy atom. The van der Waals surface area contributed by atoms with E-state index in [9.17, 15) is 4.79 Å². The topological polar surface area (TPSA) is 50.8 Å². The summed E-state index contributed by atoms with van der Waals surface area (Å²) in [5.74, 6) is 0.621. The van der Waals surface area contributed by atoms with Gasteiger partial charge in [0.25, 0.3) is 0 Å². The molecule has 0 aromatic rings. The minimum atomic E-state index is -0.238. The molecule has 5 heteroatoms. The number of nitrogens with one attached hydrogen (secondary N) is 1. The van der Waals surface area contributed by atoms with Crippen molar-refractivity contribution in [2.45, 2.75) is 25.4 Å². The standard InChI is InChI=1S/C12H22N2O3/c1-12(2)8-17-7-10(13-3)11(15)14(12)4-9-5-16-6-9/h9-10,13H,4-8H2,1-3H3. The maximum absolute atomic E-state index is 12.4. The van der Waals surface area contributed by atoms with Gasteiger partial charge in [-0.2, -0.15) is 0 Å². The molecule has 5 nitrogen and oxygen atoms in total. The van der Waals surface area contributed by atoms with E-state index in [-0.39, 0.29) is 17.5 Å². The lowest BCUT2D eigenvalue weighted by Gasteiger charge is -2.41. The van der Waals surface area contributed by atoms with Gasteiger partial charge in [0, 0.05) is 12.5 Å². The van der Waals surface area contributed by atoms with E-state index in [4.69, 9.17) is 9.47 Å². The number of rotatable bonds is 3. The van der Waals surface area contributed by atoms with Crippen LogP contribution in [0.15, 0.2) is 0 Å². The summed E-state index contributed by atoms with van der Waals surface area (Å²) in [6.07, 6.45) is 0. The van der Waals surface area contributed by atoms with Crippen LogP contribution in [0.1, 0.15) is 13.8 Å². The molecule has 1 amide bonds. The lowest BCUT2D eigenvalue weighted by molar-refractivity contribution is -0.141. The molecule has 2 aliphatic heterocycles. The first kappa shape index (κ1) is 12.8. The maximum atomic E-state index is 12.4. The van der Waals surface area contributed by atoms with Crippen molar-refractivity contribution < 1.29 is 14.3 Å². The van der Waals surface area contributed by atoms with Crippen molar-refractivity contribution >= 4 is 5.91 Å². The summed E-state index contributed by atoms with van der Waals surface area (Å²) >= 11 is 0. The number of ether oxygens (including phenoxy) is 2. The van der Waals surface area contributed by atoms with E-state index in [0.29, 0.717) is 19.1 Å². The quantitative estimate of drug-likeness (QED) is 0.748. The molecule has 0 radical (unpaired) electrons. The minimum Gasteiger partial charge on any atom is -0.381 e. The second kappa shape index (κ2) is 4.92. The molecule has 0 aromatic carbocycles. The summed E-state index contributed by atoms with van der Waals surface area (Å²) in [6, 6.07) is -0.224. The van der Waals surface area contributed by atoms with Gasteiger partial charge in [-0.3, -0.25) is 4.79 Å². The van der Waals surface area contributed by atoms with Crippen LogP contribution in [0.25, 0.3) is 0 Å². The minimum absolute atomic E-state index is 0.141. The van der Waals surface area contributed by atoms with Gasteiger partial charge in [-0.25, -0.2) is 0 Å². The van der Waals surface area contributed by atoms with Crippen molar-refractivity contribution in [2.24, 2.45) is 5.92 Å². The Bertz CT molecular complexity index is 289. The summed E-state index contributed by atoms with van der Waals surface area (Å²) in [6.45, 7) is 7.47. The Kier molecular flexibility index (Phi) is 3.70. The first-order valence-corrected chi connectivity index (χ1v) is 6.19. The first-order chi connectivity index (χ1) is 8.04. The SMILES string of the molecule is CNC1COCC(C)(C)N(CC2COC2)C1=O. The molecule has 0 aromatic heterocycles. The van der Waals surface area contributed by atoms with Crippen molar-refractivity contribution in [3.8, 4) is 0 Å². The molecule has 0 bridgehead atoms. The van der Waals surface area contributed by atoms with Gasteiger partial charge in [-0.15, -0.1) is 0 Å². The van der Waals surface area contributed by atoms with E-state index in [1.807, 2.05) is 4.90 Å². The second-order valence-corrected chi connectivity index (χ2v) is 5.52. The number of amides is 1. The highest BCUT2D eigenvalue weighted by molar-refractivity contribution is 5.83. The second-order valence-electron chi connectivity index (χ2n) is 5.52. The van der Waals surface area contributed by atoms with Crippen molar-refractivity contribution in [3.05, 3.63) is 0 Å². The van der Waals surface area contributed by atoms with Crippen molar-refractivity contribution in [2.75, 3.05) is 40.0 Å². The number of hydrogen-bond donors (Lipinski definition) is 1. The maximum Gasteiger partial charge on any atom is 0.242 e. The van der Waals surface area contributed by atoms with Gasteiger partial charge in [0.15, 0.2) is 0 Å². The molecule has 1 atom stereocenters. The van der Waals surface area contributed by atoms with Crippen molar-refractivity contribution in [1.82, 2.24) is 10.2 Å². The Morgan fingerprint density at radius 3 is 2.59 bits per heavy atom. The number of likely N-dealkylation sites (N-methyl/N-ethyl adjacent to an activating group) is 1. The molecule has 2 saturated heterocycles. The van der Waals surface area contributed by atoms with Gasteiger partial charge >= 0.3 is 0 Å². The van der Waals surface area contributed by atoms with E-state index < -0.39 is 0 Å². The summed E-state index contributed by atoms with van der Waals surface area (Å²) in [7, 11) is 1.80. The summed E-state index contributed by atoms with van der Waals surface area (Å²) in [5, 5.41) is 3.02. The van der Waals surface area contributed by atoms with Crippen LogP contribution < -0.4 is 5.32 Å². The fourth-order valence-electron chi connectivity index (χ4n) is 2.25. The van der Waals surface area contributed by atoms with Crippen LogP contribution in [0.2, 0.25) is 0 Å². The van der Waals surface area contributed by atoms with Crippen LogP contribution in [0.4, 0.5) is 0 Å². The van der Waals surface area contributed by atoms with E-state index in [1.165, 1.54) is 0 Å². The van der Waals surface area contributed by atoms with E-state index in [0.717, 1.165) is 19.8 Å². The molecular formula is C12H22N2O3. The third kappa shape index (κ3) is 2.61. The van der Waals surface area contributed by atoms with Gasteiger partial charge in [-0.05, 0) is 20.9 Å². The molecule has 17 heavy (non-hydrogen) atoms. The molecule has 0 aliphatic carbocycles. The van der Waals surface area contributed by atoms with Gasteiger partial charge in [0.05, 0.1) is 32.0 Å². The number of nitrogens with zero attached hydrogens (tertiary/aromatic N) is 1. The van der Waals surface area contributed by atoms with Gasteiger partial charge in [0.1, 0.15) is 6.04 Å². The summed E-state index contributed by atoms with van der Waals surface area (Å²) in [5.41, 5.74) is -0.238. The molecule has 2 aliphatic rings. The van der Waals surface area contributed by atoms with Crippen molar-refractivity contribution in [1.29, 1.82) is 0 Å². The molecule has 2 fully saturated rings. The molecule has 1 unspecified atom stereocenters. The van der Waals surface area contributed by atoms with E-state index >= 15 is 0 Å². The lowest BCUT2D eigenvalue weighted by atomic mass is 9.99. The molecule has 1 N–H and O–H groups in total. The van der Waals surface area contributed by atoms with Crippen LogP contribution in [0.3, 0.4) is 0 Å². The molecular weight excluding hydrogens is 220 g/mol. The molecule has 0 spiro atoms. The van der Waals surface area contributed by atoms with Crippen LogP contribution in [-0.4, -0.2) is 62.4 Å². The van der Waals surface area contributed by atoms with Crippen molar-refractivity contribution in [3.63, 3.8) is 0 Å². The molecule has 0 saturated carbocycles. The highest BCUT2D eigenvalue weighted by atomic mass is 16.5. The molecule has 98 valence electrons. The third-order valence-corrected chi connectivity index (χ3v) is 3.53. The number of carbonyl (C=O) groups excluding carboxylic acids is 1. The fraction of sp³-hybridized carbons (Fsp3) is 0.917. The Balaban J connectivity index is 2.11. The van der Waals surface area contributed by atoms with Crippen LogP contribution >= 0.6 is 0 Å². The lowest BCUT2D eigenvalue weighted by Crippen LogP contribution is -2.57. The number of hydrogen-bond acceptors (Lipinski definition) is 4. The van der Waals surface area contributed by atoms with Crippen LogP contribution in [0, 0.1) is 5.92 Å². The van der Waals surface area contributed by atoms with Crippen LogP contribution in [0.5, 0.6) is 0 Å². The normalized spacial score (nSPS) is 29.9. The predicted octanol–water partition coefficient (Wildman–Crippen LogP) is -0.142. The Morgan fingerprint density at radius 1 is 1.35 bits per heavy atom. The monoisotopic (exact) mass is 242 g/mol. The number of carbonyl (C=O) groups is 1. The van der Waals surface area contributed by atoms with E-state index in [1.54, 1.807) is 7.05 Å². The zero-order valence-electron chi connectivity index (χ0n) is 10.9. The summed E-state index contributed by atoms with van der Waals surface area (Å²) in [4.78, 5) is 14.4. The van der Waals surface area contributed by atoms with Gasteiger partial charge in [-0.1, -0.05) is 0 Å². The van der Waals surface area contributed by atoms with Gasteiger partial charge in [0.2, 0.25) is 5.91 Å². The molecule has 2 heterocycles. The highest BCUT2D eigenvalue weighted by Crippen LogP contribution is 2.23.